The maximum absolute atomic E-state index is 12.1. The third-order valence-electron chi connectivity index (χ3n) is 2.99. The molecule has 0 aromatic carbocycles. The summed E-state index contributed by atoms with van der Waals surface area (Å²) < 4.78 is 0. The Morgan fingerprint density at radius 2 is 2.43 bits per heavy atom. The lowest BCUT2D eigenvalue weighted by Gasteiger charge is -2.35. The summed E-state index contributed by atoms with van der Waals surface area (Å²) in [6, 6.07) is 0.373. The Hall–Kier alpha value is -0.220. The van der Waals surface area contributed by atoms with E-state index in [0.29, 0.717) is 11.9 Å². The maximum atomic E-state index is 12.1. The highest BCUT2D eigenvalue weighted by molar-refractivity contribution is 8.00. The van der Waals surface area contributed by atoms with Crippen LogP contribution in [0.3, 0.4) is 0 Å². The molecule has 2 heterocycles. The van der Waals surface area contributed by atoms with Gasteiger partial charge in [-0.1, -0.05) is 0 Å². The van der Waals surface area contributed by atoms with Gasteiger partial charge in [-0.25, -0.2) is 0 Å². The fourth-order valence-electron chi connectivity index (χ4n) is 2.13. The summed E-state index contributed by atoms with van der Waals surface area (Å²) in [5.74, 6) is 1.54. The standard InChI is InChI=1S/C10H18N2OS/c1-8-7-11-4-5-12(8)10(13)9-3-2-6-14-9/h8-9,11H,2-7H2,1H3. The molecule has 2 atom stereocenters. The zero-order chi connectivity index (χ0) is 9.97. The van der Waals surface area contributed by atoms with Gasteiger partial charge in [-0.3, -0.25) is 4.79 Å². The SMILES string of the molecule is CC1CNCCN1C(=O)C1CCCS1. The van der Waals surface area contributed by atoms with Gasteiger partial charge in [-0.15, -0.1) is 11.8 Å². The van der Waals surface area contributed by atoms with Gasteiger partial charge in [0.05, 0.1) is 5.25 Å². The molecule has 2 rings (SSSR count). The Balaban J connectivity index is 1.94. The van der Waals surface area contributed by atoms with Crippen molar-refractivity contribution in [1.29, 1.82) is 0 Å². The Morgan fingerprint density at radius 1 is 1.57 bits per heavy atom. The van der Waals surface area contributed by atoms with Crippen molar-refractivity contribution in [2.24, 2.45) is 0 Å². The highest BCUT2D eigenvalue weighted by Crippen LogP contribution is 2.28. The van der Waals surface area contributed by atoms with Gasteiger partial charge in [0.1, 0.15) is 0 Å². The molecule has 14 heavy (non-hydrogen) atoms. The highest BCUT2D eigenvalue weighted by Gasteiger charge is 2.31. The lowest BCUT2D eigenvalue weighted by molar-refractivity contribution is -0.133. The summed E-state index contributed by atoms with van der Waals surface area (Å²) in [7, 11) is 0. The second kappa shape index (κ2) is 4.53. The topological polar surface area (TPSA) is 32.3 Å². The van der Waals surface area contributed by atoms with E-state index >= 15 is 0 Å². The third-order valence-corrected chi connectivity index (χ3v) is 4.35. The molecule has 80 valence electrons. The van der Waals surface area contributed by atoms with Gasteiger partial charge < -0.3 is 10.2 Å². The molecule has 0 saturated carbocycles. The van der Waals surface area contributed by atoms with Crippen LogP contribution in [-0.2, 0) is 4.79 Å². The summed E-state index contributed by atoms with van der Waals surface area (Å²) in [5.41, 5.74) is 0. The van der Waals surface area contributed by atoms with Crippen LogP contribution in [0.4, 0.5) is 0 Å². The number of carbonyl (C=O) groups is 1. The van der Waals surface area contributed by atoms with Crippen LogP contribution < -0.4 is 5.32 Å². The van der Waals surface area contributed by atoms with Gasteiger partial charge in [0.2, 0.25) is 5.91 Å². The van der Waals surface area contributed by atoms with E-state index in [1.165, 1.54) is 6.42 Å². The van der Waals surface area contributed by atoms with Crippen LogP contribution in [0.1, 0.15) is 19.8 Å². The fourth-order valence-corrected chi connectivity index (χ4v) is 3.35. The van der Waals surface area contributed by atoms with E-state index in [1.54, 1.807) is 0 Å². The Morgan fingerprint density at radius 3 is 3.07 bits per heavy atom. The van der Waals surface area contributed by atoms with Crippen LogP contribution in [0.2, 0.25) is 0 Å². The lowest BCUT2D eigenvalue weighted by Crippen LogP contribution is -2.54. The van der Waals surface area contributed by atoms with E-state index in [2.05, 4.69) is 17.1 Å². The Bertz CT molecular complexity index is 216. The molecule has 0 radical (unpaired) electrons. The van der Waals surface area contributed by atoms with E-state index < -0.39 is 0 Å². The van der Waals surface area contributed by atoms with Crippen LogP contribution in [-0.4, -0.2) is 47.5 Å². The summed E-state index contributed by atoms with van der Waals surface area (Å²) in [5, 5.41) is 3.57. The third kappa shape index (κ3) is 2.06. The molecule has 4 heteroatoms. The number of hydrogen-bond donors (Lipinski definition) is 1. The van der Waals surface area contributed by atoms with E-state index in [1.807, 2.05) is 11.8 Å². The van der Waals surface area contributed by atoms with Crippen molar-refractivity contribution >= 4 is 17.7 Å². The van der Waals surface area contributed by atoms with Gasteiger partial charge in [0.25, 0.3) is 0 Å². The van der Waals surface area contributed by atoms with Crippen LogP contribution in [0.15, 0.2) is 0 Å². The number of carbonyl (C=O) groups excluding carboxylic acids is 1. The first-order valence-electron chi connectivity index (χ1n) is 5.42. The zero-order valence-electron chi connectivity index (χ0n) is 8.66. The first kappa shape index (κ1) is 10.3. The van der Waals surface area contributed by atoms with Crippen molar-refractivity contribution in [3.8, 4) is 0 Å². The Kier molecular flexibility index (Phi) is 3.34. The molecule has 2 unspecified atom stereocenters. The van der Waals surface area contributed by atoms with Gasteiger partial charge in [0.15, 0.2) is 0 Å². The first-order chi connectivity index (χ1) is 6.79. The number of piperazine rings is 1. The minimum absolute atomic E-state index is 0.260. The molecule has 0 aromatic heterocycles. The minimum Gasteiger partial charge on any atom is -0.336 e. The monoisotopic (exact) mass is 214 g/mol. The second-order valence-electron chi connectivity index (χ2n) is 4.09. The predicted molar refractivity (Wildman–Crippen MR) is 59.5 cm³/mol. The second-order valence-corrected chi connectivity index (χ2v) is 5.40. The molecule has 1 amide bonds. The van der Waals surface area contributed by atoms with Gasteiger partial charge in [-0.05, 0) is 25.5 Å². The minimum atomic E-state index is 0.260. The van der Waals surface area contributed by atoms with Crippen molar-refractivity contribution in [3.05, 3.63) is 0 Å². The van der Waals surface area contributed by atoms with Crippen LogP contribution >= 0.6 is 11.8 Å². The van der Waals surface area contributed by atoms with Crippen molar-refractivity contribution < 1.29 is 4.79 Å². The van der Waals surface area contributed by atoms with Gasteiger partial charge in [-0.2, -0.15) is 0 Å². The van der Waals surface area contributed by atoms with Crippen molar-refractivity contribution in [2.45, 2.75) is 31.1 Å². The molecular weight excluding hydrogens is 196 g/mol. The largest absolute Gasteiger partial charge is 0.336 e. The average molecular weight is 214 g/mol. The molecule has 0 bridgehead atoms. The highest BCUT2D eigenvalue weighted by atomic mass is 32.2. The van der Waals surface area contributed by atoms with Crippen LogP contribution in [0.5, 0.6) is 0 Å². The van der Waals surface area contributed by atoms with Crippen molar-refractivity contribution in [3.63, 3.8) is 0 Å². The van der Waals surface area contributed by atoms with Gasteiger partial charge in [0, 0.05) is 25.7 Å². The van der Waals surface area contributed by atoms with E-state index in [4.69, 9.17) is 0 Å². The number of hydrogen-bond acceptors (Lipinski definition) is 3. The van der Waals surface area contributed by atoms with E-state index in [0.717, 1.165) is 31.8 Å². The van der Waals surface area contributed by atoms with Gasteiger partial charge >= 0.3 is 0 Å². The molecule has 2 fully saturated rings. The Labute approximate surface area is 89.6 Å². The average Bonchev–Trinajstić information content (AvgIpc) is 2.70. The molecule has 0 spiro atoms. The summed E-state index contributed by atoms with van der Waals surface area (Å²) in [6.45, 7) is 4.91. The van der Waals surface area contributed by atoms with E-state index in [-0.39, 0.29) is 5.25 Å². The quantitative estimate of drug-likeness (QED) is 0.697. The smallest absolute Gasteiger partial charge is 0.236 e. The molecule has 3 nitrogen and oxygen atoms in total. The molecule has 2 aliphatic heterocycles. The van der Waals surface area contributed by atoms with Crippen LogP contribution in [0.25, 0.3) is 0 Å². The molecular formula is C10H18N2OS. The summed E-state index contributed by atoms with van der Waals surface area (Å²) in [4.78, 5) is 14.1. The predicted octanol–water partition coefficient (Wildman–Crippen LogP) is 0.702. The number of thioether (sulfide) groups is 1. The number of amides is 1. The normalized spacial score (nSPS) is 33.4. The van der Waals surface area contributed by atoms with Crippen LogP contribution in [0, 0.1) is 0 Å². The fraction of sp³-hybridized carbons (Fsp3) is 0.900. The first-order valence-corrected chi connectivity index (χ1v) is 6.46. The van der Waals surface area contributed by atoms with Crippen molar-refractivity contribution in [1.82, 2.24) is 10.2 Å². The molecule has 1 N–H and O–H groups in total. The molecule has 0 aromatic rings. The molecule has 2 saturated heterocycles. The number of nitrogens with one attached hydrogen (secondary N) is 1. The number of nitrogens with zero attached hydrogens (tertiary/aromatic N) is 1. The molecule has 0 aliphatic carbocycles. The lowest BCUT2D eigenvalue weighted by atomic mass is 10.1. The zero-order valence-corrected chi connectivity index (χ0v) is 9.48. The maximum Gasteiger partial charge on any atom is 0.236 e. The summed E-state index contributed by atoms with van der Waals surface area (Å²) >= 11 is 1.83. The number of rotatable bonds is 1. The molecule has 2 aliphatic rings. The van der Waals surface area contributed by atoms with E-state index in [9.17, 15) is 4.79 Å². The van der Waals surface area contributed by atoms with Crippen molar-refractivity contribution in [2.75, 3.05) is 25.4 Å². The summed E-state index contributed by atoms with van der Waals surface area (Å²) in [6.07, 6.45) is 2.29.